The van der Waals surface area contributed by atoms with Gasteiger partial charge in [-0.05, 0) is 55.3 Å². The lowest BCUT2D eigenvalue weighted by Crippen LogP contribution is -2.55. The zero-order valence-electron chi connectivity index (χ0n) is 28.7. The van der Waals surface area contributed by atoms with Gasteiger partial charge in [-0.2, -0.15) is 0 Å². The van der Waals surface area contributed by atoms with E-state index in [1.54, 1.807) is 38.4 Å². The molecule has 0 aliphatic carbocycles. The number of hydrogen-bond donors (Lipinski definition) is 2. The maximum absolute atomic E-state index is 13.7. The molecule has 1 aliphatic heterocycles. The number of nitrogen functional groups attached to an aromatic ring is 1. The standard InChI is InChI=1S/C33H58N6O5/c1-11-23(6)31(26(43-9)18-28(40)39-16-12-13-25(39)32(44-10)22(4)5)38(8)29(41)19-36-33(42)30(21(2)3)37(7)20-24-14-15-35-27(34)17-24/h14-15,17,21-23,25-26,30-32H,11-13,16,18-20H2,1-10H3,(H2,34,35)(H,36,42). The number of nitrogens with zero attached hydrogens (tertiary/aromatic N) is 4. The number of pyridine rings is 1. The van der Waals surface area contributed by atoms with E-state index in [1.165, 1.54) is 0 Å². The number of nitrogens with two attached hydrogens (primary N) is 1. The van der Waals surface area contributed by atoms with Crippen LogP contribution in [0, 0.1) is 17.8 Å². The Balaban J connectivity index is 2.12. The van der Waals surface area contributed by atoms with E-state index in [-0.39, 0.29) is 66.6 Å². The summed E-state index contributed by atoms with van der Waals surface area (Å²) in [5.41, 5.74) is 6.78. The average molecular weight is 619 g/mol. The van der Waals surface area contributed by atoms with Crippen LogP contribution in [-0.4, -0.2) is 109 Å². The molecule has 0 spiro atoms. The van der Waals surface area contributed by atoms with Crippen LogP contribution in [0.5, 0.6) is 0 Å². The van der Waals surface area contributed by atoms with Gasteiger partial charge >= 0.3 is 0 Å². The number of likely N-dealkylation sites (N-methyl/N-ethyl adjacent to an activating group) is 2. The second kappa shape index (κ2) is 17.7. The summed E-state index contributed by atoms with van der Waals surface area (Å²) < 4.78 is 11.7. The molecule has 6 unspecified atom stereocenters. The van der Waals surface area contributed by atoms with Gasteiger partial charge < -0.3 is 30.3 Å². The lowest BCUT2D eigenvalue weighted by Gasteiger charge is -2.39. The second-order valence-electron chi connectivity index (χ2n) is 13.0. The predicted octanol–water partition coefficient (Wildman–Crippen LogP) is 3.18. The molecule has 3 amide bonds. The molecule has 0 radical (unpaired) electrons. The number of aromatic nitrogens is 1. The Labute approximate surface area is 265 Å². The lowest BCUT2D eigenvalue weighted by molar-refractivity contribution is -0.144. The number of anilines is 1. The zero-order valence-corrected chi connectivity index (χ0v) is 28.7. The number of carbonyl (C=O) groups excluding carboxylic acids is 3. The second-order valence-corrected chi connectivity index (χ2v) is 13.0. The number of nitrogens with one attached hydrogen (secondary N) is 1. The van der Waals surface area contributed by atoms with Gasteiger partial charge in [-0.3, -0.25) is 19.3 Å². The molecule has 2 rings (SSSR count). The Morgan fingerprint density at radius 1 is 1.11 bits per heavy atom. The van der Waals surface area contributed by atoms with Gasteiger partial charge in [-0.15, -0.1) is 0 Å². The highest BCUT2D eigenvalue weighted by Gasteiger charge is 2.40. The van der Waals surface area contributed by atoms with Gasteiger partial charge in [0, 0.05) is 40.6 Å². The number of ether oxygens (including phenoxy) is 2. The van der Waals surface area contributed by atoms with Crippen molar-refractivity contribution in [3.05, 3.63) is 23.9 Å². The molecule has 2 heterocycles. The van der Waals surface area contributed by atoms with Crippen LogP contribution < -0.4 is 11.1 Å². The molecule has 0 saturated carbocycles. The summed E-state index contributed by atoms with van der Waals surface area (Å²) in [5.74, 6) is 0.350. The van der Waals surface area contributed by atoms with Crippen LogP contribution in [0.15, 0.2) is 18.3 Å². The van der Waals surface area contributed by atoms with Gasteiger partial charge in [-0.25, -0.2) is 4.98 Å². The minimum atomic E-state index is -0.495. The third kappa shape index (κ3) is 9.87. The SMILES string of the molecule is CCC(C)C(C(CC(=O)N1CCCC1C(OC)C(C)C)OC)N(C)C(=O)CNC(=O)C(C(C)C)N(C)Cc1ccnc(N)c1. The number of hydrogen-bond acceptors (Lipinski definition) is 8. The first kappa shape index (κ1) is 37.4. The summed E-state index contributed by atoms with van der Waals surface area (Å²) in [7, 11) is 6.93. The largest absolute Gasteiger partial charge is 0.384 e. The Kier molecular flexibility index (Phi) is 15.0. The minimum absolute atomic E-state index is 0.00609. The smallest absolute Gasteiger partial charge is 0.242 e. The fraction of sp³-hybridized carbons (Fsp3) is 0.758. The van der Waals surface area contributed by atoms with E-state index in [0.717, 1.165) is 24.8 Å². The molecule has 0 bridgehead atoms. The van der Waals surface area contributed by atoms with Gasteiger partial charge in [0.05, 0.1) is 43.3 Å². The lowest BCUT2D eigenvalue weighted by atomic mass is 9.90. The Morgan fingerprint density at radius 2 is 1.80 bits per heavy atom. The van der Waals surface area contributed by atoms with Crippen LogP contribution in [0.2, 0.25) is 0 Å². The van der Waals surface area contributed by atoms with Crippen LogP contribution in [0.25, 0.3) is 0 Å². The number of likely N-dealkylation sites (tertiary alicyclic amines) is 1. The summed E-state index contributed by atoms with van der Waals surface area (Å²) >= 11 is 0. The molecule has 3 N–H and O–H groups in total. The molecule has 1 aliphatic rings. The van der Waals surface area contributed by atoms with Crippen LogP contribution in [0.3, 0.4) is 0 Å². The highest BCUT2D eigenvalue weighted by Crippen LogP contribution is 2.29. The molecular weight excluding hydrogens is 560 g/mol. The van der Waals surface area contributed by atoms with Crippen molar-refractivity contribution in [2.75, 3.05) is 47.1 Å². The molecule has 250 valence electrons. The Hall–Kier alpha value is -2.76. The fourth-order valence-corrected chi connectivity index (χ4v) is 6.74. The average Bonchev–Trinajstić information content (AvgIpc) is 3.44. The van der Waals surface area contributed by atoms with Crippen molar-refractivity contribution in [2.45, 2.75) is 104 Å². The summed E-state index contributed by atoms with van der Waals surface area (Å²) in [5, 5.41) is 2.87. The Morgan fingerprint density at radius 3 is 2.34 bits per heavy atom. The number of carbonyl (C=O) groups is 3. The topological polar surface area (TPSA) is 130 Å². The molecule has 1 aromatic heterocycles. The first-order valence-electron chi connectivity index (χ1n) is 16.1. The maximum atomic E-state index is 13.7. The normalized spacial score (nSPS) is 18.8. The minimum Gasteiger partial charge on any atom is -0.384 e. The number of amides is 3. The van der Waals surface area contributed by atoms with E-state index in [2.05, 4.69) is 38.0 Å². The monoisotopic (exact) mass is 618 g/mol. The zero-order chi connectivity index (χ0) is 33.1. The quantitative estimate of drug-likeness (QED) is 0.272. The van der Waals surface area contributed by atoms with E-state index in [9.17, 15) is 14.4 Å². The van der Waals surface area contributed by atoms with Crippen molar-refractivity contribution in [2.24, 2.45) is 17.8 Å². The van der Waals surface area contributed by atoms with Crippen molar-refractivity contribution >= 4 is 23.5 Å². The van der Waals surface area contributed by atoms with Gasteiger partial charge in [-0.1, -0.05) is 48.0 Å². The van der Waals surface area contributed by atoms with Crippen molar-refractivity contribution in [3.8, 4) is 0 Å². The number of rotatable bonds is 17. The maximum Gasteiger partial charge on any atom is 0.242 e. The summed E-state index contributed by atoms with van der Waals surface area (Å²) in [6, 6.07) is 2.90. The molecule has 1 saturated heterocycles. The molecule has 0 aromatic carbocycles. The highest BCUT2D eigenvalue weighted by molar-refractivity contribution is 5.87. The van der Waals surface area contributed by atoms with Crippen LogP contribution in [-0.2, 0) is 30.4 Å². The molecule has 1 aromatic rings. The van der Waals surface area contributed by atoms with E-state index < -0.39 is 12.1 Å². The van der Waals surface area contributed by atoms with Gasteiger partial charge in [0.25, 0.3) is 0 Å². The van der Waals surface area contributed by atoms with Crippen molar-refractivity contribution in [3.63, 3.8) is 0 Å². The van der Waals surface area contributed by atoms with E-state index in [1.807, 2.05) is 36.8 Å². The third-order valence-electron chi connectivity index (χ3n) is 9.12. The summed E-state index contributed by atoms with van der Waals surface area (Å²) in [6.07, 6.45) is 3.95. The fourth-order valence-electron chi connectivity index (χ4n) is 6.74. The summed E-state index contributed by atoms with van der Waals surface area (Å²) in [6.45, 7) is 13.4. The Bertz CT molecular complexity index is 1070. The van der Waals surface area contributed by atoms with E-state index in [4.69, 9.17) is 15.2 Å². The molecule has 44 heavy (non-hydrogen) atoms. The summed E-state index contributed by atoms with van der Waals surface area (Å²) in [4.78, 5) is 50.1. The van der Waals surface area contributed by atoms with Crippen LogP contribution in [0.4, 0.5) is 5.82 Å². The molecule has 11 heteroatoms. The highest BCUT2D eigenvalue weighted by atomic mass is 16.5. The first-order valence-corrected chi connectivity index (χ1v) is 16.1. The van der Waals surface area contributed by atoms with Crippen LogP contribution in [0.1, 0.15) is 72.8 Å². The van der Waals surface area contributed by atoms with Crippen molar-refractivity contribution in [1.29, 1.82) is 0 Å². The van der Waals surface area contributed by atoms with Crippen LogP contribution >= 0.6 is 0 Å². The van der Waals surface area contributed by atoms with Gasteiger partial charge in [0.15, 0.2) is 0 Å². The first-order chi connectivity index (χ1) is 20.8. The van der Waals surface area contributed by atoms with Gasteiger partial charge in [0.2, 0.25) is 17.7 Å². The van der Waals surface area contributed by atoms with Crippen molar-refractivity contribution in [1.82, 2.24) is 25.0 Å². The third-order valence-corrected chi connectivity index (χ3v) is 9.12. The van der Waals surface area contributed by atoms with E-state index in [0.29, 0.717) is 18.9 Å². The predicted molar refractivity (Wildman–Crippen MR) is 174 cm³/mol. The van der Waals surface area contributed by atoms with Crippen molar-refractivity contribution < 1.29 is 23.9 Å². The van der Waals surface area contributed by atoms with E-state index >= 15 is 0 Å². The van der Waals surface area contributed by atoms with Gasteiger partial charge in [0.1, 0.15) is 5.82 Å². The number of methoxy groups -OCH3 is 2. The molecular formula is C33H58N6O5. The molecule has 11 nitrogen and oxygen atoms in total. The molecule has 6 atom stereocenters. The molecule has 1 fully saturated rings.